The normalized spacial score (nSPS) is 16.4. The van der Waals surface area contributed by atoms with Crippen LogP contribution in [0.25, 0.3) is 10.8 Å². The van der Waals surface area contributed by atoms with Crippen LogP contribution in [0.1, 0.15) is 58.2 Å². The van der Waals surface area contributed by atoms with Crippen molar-refractivity contribution >= 4 is 61.6 Å². The molecule has 0 aliphatic carbocycles. The molecule has 8 nitrogen and oxygen atoms in total. The van der Waals surface area contributed by atoms with E-state index in [4.69, 9.17) is 9.84 Å². The molecule has 0 radical (unpaired) electrons. The summed E-state index contributed by atoms with van der Waals surface area (Å²) in [6.07, 6.45) is 0.622. The monoisotopic (exact) mass is 624 g/mol. The van der Waals surface area contributed by atoms with Crippen molar-refractivity contribution < 1.29 is 19.1 Å². The SMILES string of the molecule is CN(C)c1ccc(C2CC(c3ccc(OC(=O)C(C)(C)Br)cc3)=NN2c2ccc3c4c(cccc24)C(=O)NC3=O)cc1. The van der Waals surface area contributed by atoms with Gasteiger partial charge in [0.25, 0.3) is 11.8 Å². The fraction of sp³-hybridized carbons (Fsp3) is 0.212. The fourth-order valence-corrected chi connectivity index (χ4v) is 5.39. The van der Waals surface area contributed by atoms with E-state index in [1.807, 2.05) is 49.4 Å². The summed E-state index contributed by atoms with van der Waals surface area (Å²) in [6, 6.07) is 24.7. The number of benzene rings is 4. The Morgan fingerprint density at radius 3 is 2.26 bits per heavy atom. The Bertz CT molecular complexity index is 1750. The van der Waals surface area contributed by atoms with Gasteiger partial charge in [-0.05, 0) is 79.6 Å². The first kappa shape index (κ1) is 27.7. The molecule has 6 rings (SSSR count). The summed E-state index contributed by atoms with van der Waals surface area (Å²) >= 11 is 3.34. The van der Waals surface area contributed by atoms with Gasteiger partial charge < -0.3 is 9.64 Å². The van der Waals surface area contributed by atoms with Crippen molar-refractivity contribution in [3.8, 4) is 5.75 Å². The largest absolute Gasteiger partial charge is 0.426 e. The number of anilines is 2. The number of halogens is 1. The molecule has 0 fully saturated rings. The molecular formula is C33H29BrN4O4. The predicted molar refractivity (Wildman–Crippen MR) is 168 cm³/mol. The highest BCUT2D eigenvalue weighted by Gasteiger charge is 2.33. The van der Waals surface area contributed by atoms with E-state index >= 15 is 0 Å². The van der Waals surface area contributed by atoms with E-state index in [0.717, 1.165) is 33.6 Å². The Hall–Kier alpha value is -4.50. The number of rotatable bonds is 6. The van der Waals surface area contributed by atoms with Crippen LogP contribution < -0.4 is 20.0 Å². The molecule has 0 bridgehead atoms. The number of imide groups is 1. The number of nitrogens with zero attached hydrogens (tertiary/aromatic N) is 3. The molecule has 0 saturated carbocycles. The third-order valence-electron chi connectivity index (χ3n) is 7.57. The summed E-state index contributed by atoms with van der Waals surface area (Å²) in [4.78, 5) is 39.7. The highest BCUT2D eigenvalue weighted by atomic mass is 79.9. The molecule has 4 aromatic carbocycles. The van der Waals surface area contributed by atoms with Gasteiger partial charge in [0, 0.05) is 48.1 Å². The summed E-state index contributed by atoms with van der Waals surface area (Å²) in [6.45, 7) is 3.47. The number of ether oxygens (including phenoxy) is 1. The van der Waals surface area contributed by atoms with Gasteiger partial charge in [-0.15, -0.1) is 0 Å². The minimum atomic E-state index is -0.791. The second-order valence-electron chi connectivity index (χ2n) is 11.1. The summed E-state index contributed by atoms with van der Waals surface area (Å²) in [5.74, 6) is -0.730. The number of carbonyl (C=O) groups excluding carboxylic acids is 3. The lowest BCUT2D eigenvalue weighted by atomic mass is 9.93. The highest BCUT2D eigenvalue weighted by Crippen LogP contribution is 2.42. The van der Waals surface area contributed by atoms with Crippen molar-refractivity contribution in [2.75, 3.05) is 24.0 Å². The van der Waals surface area contributed by atoms with Crippen molar-refractivity contribution in [2.45, 2.75) is 30.6 Å². The van der Waals surface area contributed by atoms with E-state index in [0.29, 0.717) is 28.7 Å². The number of esters is 1. The van der Waals surface area contributed by atoms with Crippen LogP contribution in [0, 0.1) is 0 Å². The molecule has 0 aromatic heterocycles. The van der Waals surface area contributed by atoms with Crippen LogP contribution in [0.4, 0.5) is 11.4 Å². The molecule has 2 amide bonds. The zero-order chi connectivity index (χ0) is 29.8. The zero-order valence-corrected chi connectivity index (χ0v) is 25.2. The molecular weight excluding hydrogens is 596 g/mol. The number of nitrogens with one attached hydrogen (secondary N) is 1. The van der Waals surface area contributed by atoms with Gasteiger partial charge in [0.15, 0.2) is 0 Å². The van der Waals surface area contributed by atoms with E-state index in [2.05, 4.69) is 50.4 Å². The van der Waals surface area contributed by atoms with Crippen LogP contribution in [0.15, 0.2) is 84.0 Å². The van der Waals surface area contributed by atoms with Gasteiger partial charge in [-0.1, -0.05) is 40.2 Å². The minimum absolute atomic E-state index is 0.131. The van der Waals surface area contributed by atoms with Crippen molar-refractivity contribution in [1.29, 1.82) is 0 Å². The molecule has 2 aliphatic rings. The third kappa shape index (κ3) is 4.94. The Labute approximate surface area is 252 Å². The average Bonchev–Trinajstić information content (AvgIpc) is 3.41. The van der Waals surface area contributed by atoms with Gasteiger partial charge in [0.1, 0.15) is 10.1 Å². The number of hydrogen-bond donors (Lipinski definition) is 1. The first-order valence-electron chi connectivity index (χ1n) is 13.6. The van der Waals surface area contributed by atoms with Crippen LogP contribution in [0.5, 0.6) is 5.75 Å². The van der Waals surface area contributed by atoms with E-state index in [1.54, 1.807) is 38.1 Å². The lowest BCUT2D eigenvalue weighted by Crippen LogP contribution is -2.34. The van der Waals surface area contributed by atoms with Crippen molar-refractivity contribution in [2.24, 2.45) is 5.10 Å². The van der Waals surface area contributed by atoms with Crippen LogP contribution >= 0.6 is 15.9 Å². The smallest absolute Gasteiger partial charge is 0.327 e. The van der Waals surface area contributed by atoms with Crippen LogP contribution in [-0.4, -0.2) is 41.9 Å². The summed E-state index contributed by atoms with van der Waals surface area (Å²) < 4.78 is 4.72. The summed E-state index contributed by atoms with van der Waals surface area (Å²) in [5.41, 5.74) is 5.69. The second kappa shape index (κ2) is 10.4. The Morgan fingerprint density at radius 1 is 0.952 bits per heavy atom. The molecule has 0 saturated heterocycles. The highest BCUT2D eigenvalue weighted by molar-refractivity contribution is 9.10. The van der Waals surface area contributed by atoms with E-state index in [9.17, 15) is 14.4 Å². The van der Waals surface area contributed by atoms with Crippen LogP contribution in [-0.2, 0) is 4.79 Å². The Balaban J connectivity index is 1.43. The third-order valence-corrected chi connectivity index (χ3v) is 7.89. The second-order valence-corrected chi connectivity index (χ2v) is 13.1. The Kier molecular flexibility index (Phi) is 6.85. The first-order valence-corrected chi connectivity index (χ1v) is 14.4. The van der Waals surface area contributed by atoms with Gasteiger partial charge in [-0.25, -0.2) is 0 Å². The van der Waals surface area contributed by atoms with Gasteiger partial charge in [-0.2, -0.15) is 5.10 Å². The van der Waals surface area contributed by atoms with Crippen LogP contribution in [0.2, 0.25) is 0 Å². The van der Waals surface area contributed by atoms with Crippen molar-refractivity contribution in [1.82, 2.24) is 5.32 Å². The van der Waals surface area contributed by atoms with E-state index < -0.39 is 16.1 Å². The van der Waals surface area contributed by atoms with E-state index in [1.165, 1.54) is 0 Å². The van der Waals surface area contributed by atoms with Gasteiger partial charge >= 0.3 is 5.97 Å². The summed E-state index contributed by atoms with van der Waals surface area (Å²) in [5, 5.41) is 10.9. The lowest BCUT2D eigenvalue weighted by Gasteiger charge is -2.27. The molecule has 9 heteroatoms. The van der Waals surface area contributed by atoms with Gasteiger partial charge in [0.05, 0.1) is 17.4 Å². The standard InChI is InChI=1S/C33H29BrN4O4/c1-33(2,34)32(41)42-22-14-10-19(11-15-22)26-18-28(20-8-12-21(13-9-20)37(3)4)38(36-26)27-17-16-25-29-23(27)6-5-7-24(29)30(39)35-31(25)40/h5-17,28H,18H2,1-4H3,(H,35,39,40). The number of hydrogen-bond acceptors (Lipinski definition) is 7. The molecule has 0 spiro atoms. The molecule has 2 heterocycles. The van der Waals surface area contributed by atoms with Crippen molar-refractivity contribution in [3.63, 3.8) is 0 Å². The average molecular weight is 626 g/mol. The maximum atomic E-state index is 12.7. The lowest BCUT2D eigenvalue weighted by molar-refractivity contribution is -0.136. The van der Waals surface area contributed by atoms with Gasteiger partial charge in [0.2, 0.25) is 0 Å². The maximum Gasteiger partial charge on any atom is 0.327 e. The molecule has 1 unspecified atom stereocenters. The molecule has 212 valence electrons. The number of alkyl halides is 1. The fourth-order valence-electron chi connectivity index (χ4n) is 5.31. The molecule has 42 heavy (non-hydrogen) atoms. The van der Waals surface area contributed by atoms with Gasteiger partial charge in [-0.3, -0.25) is 24.7 Å². The maximum absolute atomic E-state index is 12.7. The quantitative estimate of drug-likeness (QED) is 0.118. The number of hydrazone groups is 1. The Morgan fingerprint density at radius 2 is 1.62 bits per heavy atom. The van der Waals surface area contributed by atoms with Crippen molar-refractivity contribution in [3.05, 3.63) is 101 Å². The molecule has 1 atom stereocenters. The van der Waals surface area contributed by atoms with E-state index in [-0.39, 0.29) is 12.0 Å². The molecule has 2 aliphatic heterocycles. The minimum Gasteiger partial charge on any atom is -0.426 e. The number of amides is 2. The first-order chi connectivity index (χ1) is 20.0. The predicted octanol–water partition coefficient (Wildman–Crippen LogP) is 6.22. The topological polar surface area (TPSA) is 91.3 Å². The molecule has 4 aromatic rings. The van der Waals surface area contributed by atoms with Crippen LogP contribution in [0.3, 0.4) is 0 Å². The number of carbonyl (C=O) groups is 3. The molecule has 1 N–H and O–H groups in total. The zero-order valence-electron chi connectivity index (χ0n) is 23.6. The summed E-state index contributed by atoms with van der Waals surface area (Å²) in [7, 11) is 4.01.